The van der Waals surface area contributed by atoms with Gasteiger partial charge in [-0.3, -0.25) is 0 Å². The van der Waals surface area contributed by atoms with E-state index in [0.29, 0.717) is 0 Å². The molecule has 2 unspecified atom stereocenters. The van der Waals surface area contributed by atoms with Gasteiger partial charge >= 0.3 is 0 Å². The number of nitrogens with one attached hydrogen (secondary N) is 1. The Bertz CT molecular complexity index is 413. The number of hydrogen-bond acceptors (Lipinski definition) is 3. The summed E-state index contributed by atoms with van der Waals surface area (Å²) in [6, 6.07) is 5.05. The molecule has 1 aromatic carbocycles. The van der Waals surface area contributed by atoms with Gasteiger partial charge in [0.1, 0.15) is 17.7 Å². The van der Waals surface area contributed by atoms with Crippen LogP contribution < -0.4 is 10.1 Å². The van der Waals surface area contributed by atoms with Crippen molar-refractivity contribution in [2.75, 3.05) is 18.6 Å². The van der Waals surface area contributed by atoms with Crippen LogP contribution in [0.25, 0.3) is 0 Å². The summed E-state index contributed by atoms with van der Waals surface area (Å²) in [5.74, 6) is 1.82. The predicted octanol–water partition coefficient (Wildman–Crippen LogP) is 3.77. The van der Waals surface area contributed by atoms with Crippen LogP contribution in [0.2, 0.25) is 0 Å². The van der Waals surface area contributed by atoms with Gasteiger partial charge < -0.3 is 10.1 Å². The number of halogens is 1. The third-order valence-corrected chi connectivity index (χ3v) is 4.16. The second-order valence-corrected chi connectivity index (χ2v) is 5.89. The highest BCUT2D eigenvalue weighted by molar-refractivity contribution is 7.98. The number of fused-ring (bicyclic) bond motifs is 1. The Morgan fingerprint density at radius 2 is 2.32 bits per heavy atom. The van der Waals surface area contributed by atoms with Crippen molar-refractivity contribution in [2.45, 2.75) is 38.3 Å². The van der Waals surface area contributed by atoms with Crippen LogP contribution in [0.15, 0.2) is 18.2 Å². The second-order valence-electron chi connectivity index (χ2n) is 4.90. The number of ether oxygens (including phenoxy) is 1. The minimum atomic E-state index is -0.189. The summed E-state index contributed by atoms with van der Waals surface area (Å²) in [4.78, 5) is 0. The summed E-state index contributed by atoms with van der Waals surface area (Å²) in [7, 11) is 0. The standard InChI is InChI=1S/C15H22FNOS/c1-3-17-14-10-12(5-4-8-19-2)18-15-7-6-11(16)9-13(14)15/h6-7,9,12,14,17H,3-5,8,10H2,1-2H3. The van der Waals surface area contributed by atoms with Crippen LogP contribution >= 0.6 is 11.8 Å². The van der Waals surface area contributed by atoms with Crippen molar-refractivity contribution in [3.8, 4) is 5.75 Å². The fourth-order valence-electron chi connectivity index (χ4n) is 2.59. The van der Waals surface area contributed by atoms with Crippen molar-refractivity contribution in [2.24, 2.45) is 0 Å². The largest absolute Gasteiger partial charge is 0.490 e. The molecule has 4 heteroatoms. The maximum absolute atomic E-state index is 13.4. The quantitative estimate of drug-likeness (QED) is 0.803. The lowest BCUT2D eigenvalue weighted by Crippen LogP contribution is -2.33. The molecule has 0 aromatic heterocycles. The maximum atomic E-state index is 13.4. The Kier molecular flexibility index (Phi) is 5.52. The molecule has 1 aliphatic heterocycles. The van der Waals surface area contributed by atoms with Crippen molar-refractivity contribution >= 4 is 11.8 Å². The van der Waals surface area contributed by atoms with Crippen LogP contribution in [0.5, 0.6) is 5.75 Å². The summed E-state index contributed by atoms with van der Waals surface area (Å²) >= 11 is 1.87. The molecule has 0 radical (unpaired) electrons. The van der Waals surface area contributed by atoms with Crippen LogP contribution in [-0.4, -0.2) is 24.7 Å². The maximum Gasteiger partial charge on any atom is 0.124 e. The van der Waals surface area contributed by atoms with E-state index in [1.54, 1.807) is 12.1 Å². The zero-order valence-electron chi connectivity index (χ0n) is 11.6. The molecular formula is C15H22FNOS. The third-order valence-electron chi connectivity index (χ3n) is 3.46. The van der Waals surface area contributed by atoms with Gasteiger partial charge in [0.25, 0.3) is 0 Å². The van der Waals surface area contributed by atoms with Gasteiger partial charge in [-0.1, -0.05) is 6.92 Å². The molecule has 0 spiro atoms. The molecule has 0 saturated heterocycles. The Labute approximate surface area is 119 Å². The van der Waals surface area contributed by atoms with Crippen molar-refractivity contribution in [1.82, 2.24) is 5.32 Å². The van der Waals surface area contributed by atoms with Crippen molar-refractivity contribution in [3.05, 3.63) is 29.6 Å². The SMILES string of the molecule is CCNC1CC(CCCSC)Oc2ccc(F)cc21. The van der Waals surface area contributed by atoms with Gasteiger partial charge in [-0.2, -0.15) is 11.8 Å². The smallest absolute Gasteiger partial charge is 0.124 e. The molecule has 1 aliphatic rings. The van der Waals surface area contributed by atoms with E-state index in [1.807, 2.05) is 11.8 Å². The molecule has 2 atom stereocenters. The average molecular weight is 283 g/mol. The van der Waals surface area contributed by atoms with Gasteiger partial charge in [-0.05, 0) is 49.6 Å². The van der Waals surface area contributed by atoms with Gasteiger partial charge in [0.05, 0.1) is 0 Å². The summed E-state index contributed by atoms with van der Waals surface area (Å²) in [6.07, 6.45) is 5.54. The van der Waals surface area contributed by atoms with Crippen molar-refractivity contribution in [1.29, 1.82) is 0 Å². The van der Waals surface area contributed by atoms with Crippen LogP contribution in [0.4, 0.5) is 4.39 Å². The van der Waals surface area contributed by atoms with E-state index in [0.717, 1.165) is 30.7 Å². The highest BCUT2D eigenvalue weighted by Gasteiger charge is 2.27. The Morgan fingerprint density at radius 1 is 1.47 bits per heavy atom. The molecule has 19 heavy (non-hydrogen) atoms. The molecule has 2 nitrogen and oxygen atoms in total. The lowest BCUT2D eigenvalue weighted by molar-refractivity contribution is 0.140. The lowest BCUT2D eigenvalue weighted by atomic mass is 9.94. The Hall–Kier alpha value is -0.740. The van der Waals surface area contributed by atoms with Gasteiger partial charge in [0, 0.05) is 18.0 Å². The summed E-state index contributed by atoms with van der Waals surface area (Å²) in [6.45, 7) is 2.97. The summed E-state index contributed by atoms with van der Waals surface area (Å²) in [5, 5.41) is 3.44. The normalized spacial score (nSPS) is 21.8. The first-order valence-electron chi connectivity index (χ1n) is 6.93. The fraction of sp³-hybridized carbons (Fsp3) is 0.600. The molecule has 0 amide bonds. The molecular weight excluding hydrogens is 261 g/mol. The van der Waals surface area contributed by atoms with Crippen LogP contribution in [0, 0.1) is 5.82 Å². The molecule has 2 rings (SSSR count). The Morgan fingerprint density at radius 3 is 3.05 bits per heavy atom. The molecule has 0 saturated carbocycles. The van der Waals surface area contributed by atoms with Crippen LogP contribution in [0.1, 0.15) is 37.8 Å². The van der Waals surface area contributed by atoms with E-state index in [-0.39, 0.29) is 18.0 Å². The first kappa shape index (κ1) is 14.7. The first-order valence-corrected chi connectivity index (χ1v) is 8.32. The van der Waals surface area contributed by atoms with Crippen molar-refractivity contribution in [3.63, 3.8) is 0 Å². The second kappa shape index (κ2) is 7.15. The zero-order valence-corrected chi connectivity index (χ0v) is 12.4. The van der Waals surface area contributed by atoms with E-state index in [1.165, 1.54) is 18.2 Å². The molecule has 1 N–H and O–H groups in total. The molecule has 0 bridgehead atoms. The molecule has 0 aliphatic carbocycles. The predicted molar refractivity (Wildman–Crippen MR) is 79.5 cm³/mol. The number of thioether (sulfide) groups is 1. The minimum Gasteiger partial charge on any atom is -0.490 e. The molecule has 1 aromatic rings. The third kappa shape index (κ3) is 3.86. The number of rotatable bonds is 6. The van der Waals surface area contributed by atoms with Gasteiger partial charge in [-0.15, -0.1) is 0 Å². The molecule has 0 fully saturated rings. The molecule has 1 heterocycles. The Balaban J connectivity index is 2.09. The minimum absolute atomic E-state index is 0.189. The van der Waals surface area contributed by atoms with Gasteiger partial charge in [0.15, 0.2) is 0 Å². The summed E-state index contributed by atoms with van der Waals surface area (Å²) in [5.41, 5.74) is 0.961. The highest BCUT2D eigenvalue weighted by Crippen LogP contribution is 2.36. The lowest BCUT2D eigenvalue weighted by Gasteiger charge is -2.32. The van der Waals surface area contributed by atoms with E-state index < -0.39 is 0 Å². The van der Waals surface area contributed by atoms with E-state index in [9.17, 15) is 4.39 Å². The molecule has 106 valence electrons. The monoisotopic (exact) mass is 283 g/mol. The number of benzene rings is 1. The van der Waals surface area contributed by atoms with Gasteiger partial charge in [0.2, 0.25) is 0 Å². The highest BCUT2D eigenvalue weighted by atomic mass is 32.2. The van der Waals surface area contributed by atoms with Gasteiger partial charge in [-0.25, -0.2) is 4.39 Å². The summed E-state index contributed by atoms with van der Waals surface area (Å²) < 4.78 is 19.4. The zero-order chi connectivity index (χ0) is 13.7. The van der Waals surface area contributed by atoms with E-state index in [4.69, 9.17) is 4.74 Å². The first-order chi connectivity index (χ1) is 9.24. The average Bonchev–Trinajstić information content (AvgIpc) is 2.40. The van der Waals surface area contributed by atoms with E-state index in [2.05, 4.69) is 18.5 Å². The van der Waals surface area contributed by atoms with Crippen LogP contribution in [-0.2, 0) is 0 Å². The van der Waals surface area contributed by atoms with E-state index >= 15 is 0 Å². The topological polar surface area (TPSA) is 21.3 Å². The van der Waals surface area contributed by atoms with Crippen LogP contribution in [0.3, 0.4) is 0 Å². The number of hydrogen-bond donors (Lipinski definition) is 1. The van der Waals surface area contributed by atoms with Crippen molar-refractivity contribution < 1.29 is 9.13 Å². The fourth-order valence-corrected chi connectivity index (χ4v) is 3.04.